The number of carbonyl (C=O) groups excluding carboxylic acids is 1. The predicted octanol–water partition coefficient (Wildman–Crippen LogP) is 4.88. The fourth-order valence-corrected chi connectivity index (χ4v) is 3.35. The molecule has 0 fully saturated rings. The first kappa shape index (κ1) is 22.1. The van der Waals surface area contributed by atoms with Gasteiger partial charge in [0.1, 0.15) is 5.69 Å². The van der Waals surface area contributed by atoms with Crippen molar-refractivity contribution in [2.24, 2.45) is 4.99 Å². The third-order valence-electron chi connectivity index (χ3n) is 5.01. The Morgan fingerprint density at radius 1 is 1.29 bits per heavy atom. The molecule has 1 aromatic carbocycles. The van der Waals surface area contributed by atoms with Crippen LogP contribution in [0.15, 0.2) is 22.5 Å². The zero-order chi connectivity index (χ0) is 20.9. The number of aliphatic imine (C=N–C) groups is 1. The molecule has 1 aromatic heterocycles. The Morgan fingerprint density at radius 2 is 2.00 bits per heavy atom. The number of nitrogens with zero attached hydrogens (tertiary/aromatic N) is 3. The van der Waals surface area contributed by atoms with Crippen LogP contribution in [0, 0.1) is 13.8 Å². The second-order valence-corrected chi connectivity index (χ2v) is 8.82. The molecule has 2 rings (SSSR count). The Labute approximate surface area is 172 Å². The van der Waals surface area contributed by atoms with Crippen molar-refractivity contribution in [3.63, 3.8) is 0 Å². The van der Waals surface area contributed by atoms with Crippen LogP contribution in [0.1, 0.15) is 66.3 Å². The maximum atomic E-state index is 12.4. The highest BCUT2D eigenvalue weighted by atomic mass is 32.1. The molecule has 0 bridgehead atoms. The minimum absolute atomic E-state index is 0.105. The predicted molar refractivity (Wildman–Crippen MR) is 119 cm³/mol. The number of aryl methyl sites for hydroxylation is 2. The highest BCUT2D eigenvalue weighted by Crippen LogP contribution is 2.26. The Morgan fingerprint density at radius 3 is 2.64 bits per heavy atom. The van der Waals surface area contributed by atoms with Gasteiger partial charge in [0, 0.05) is 30.9 Å². The third-order valence-corrected chi connectivity index (χ3v) is 5.86. The highest BCUT2D eigenvalue weighted by molar-refractivity contribution is 7.09. The summed E-state index contributed by atoms with van der Waals surface area (Å²) in [6.07, 6.45) is 3.46. The monoisotopic (exact) mass is 400 g/mol. The molecule has 0 aliphatic rings. The summed E-state index contributed by atoms with van der Waals surface area (Å²) >= 11 is 1.53. The molecule has 5 nitrogen and oxygen atoms in total. The molecule has 0 saturated heterocycles. The average molecular weight is 401 g/mol. The van der Waals surface area contributed by atoms with Crippen LogP contribution in [0.3, 0.4) is 0 Å². The van der Waals surface area contributed by atoms with Gasteiger partial charge in [-0.25, -0.2) is 9.98 Å². The smallest absolute Gasteiger partial charge is 0.271 e. The number of aromatic nitrogens is 1. The van der Waals surface area contributed by atoms with Crippen molar-refractivity contribution < 1.29 is 4.79 Å². The van der Waals surface area contributed by atoms with E-state index in [2.05, 4.69) is 55.1 Å². The lowest BCUT2D eigenvalue weighted by Gasteiger charge is -2.23. The van der Waals surface area contributed by atoms with Crippen molar-refractivity contribution in [2.45, 2.75) is 59.9 Å². The lowest BCUT2D eigenvalue weighted by Crippen LogP contribution is -2.42. The summed E-state index contributed by atoms with van der Waals surface area (Å²) in [6, 6.07) is 4.30. The molecule has 0 aliphatic heterocycles. The molecular weight excluding hydrogens is 368 g/mol. The quantitative estimate of drug-likeness (QED) is 0.507. The molecule has 1 amide bonds. The lowest BCUT2D eigenvalue weighted by molar-refractivity contribution is 0.0906. The van der Waals surface area contributed by atoms with E-state index in [0.29, 0.717) is 5.69 Å². The first-order valence-corrected chi connectivity index (χ1v) is 10.6. The van der Waals surface area contributed by atoms with Crippen molar-refractivity contribution in [3.05, 3.63) is 44.9 Å². The van der Waals surface area contributed by atoms with Crippen LogP contribution < -0.4 is 5.32 Å². The van der Waals surface area contributed by atoms with Crippen molar-refractivity contribution >= 4 is 29.3 Å². The van der Waals surface area contributed by atoms with Gasteiger partial charge >= 0.3 is 0 Å². The van der Waals surface area contributed by atoms with E-state index in [4.69, 9.17) is 0 Å². The zero-order valence-electron chi connectivity index (χ0n) is 18.1. The van der Waals surface area contributed by atoms with Gasteiger partial charge in [0.15, 0.2) is 0 Å². The van der Waals surface area contributed by atoms with Crippen molar-refractivity contribution in [2.75, 3.05) is 13.6 Å². The minimum Gasteiger partial charge on any atom is -0.366 e. The van der Waals surface area contributed by atoms with E-state index in [1.807, 2.05) is 37.5 Å². The number of nitrogens with one attached hydrogen (secondary N) is 1. The Balaban J connectivity index is 2.14. The van der Waals surface area contributed by atoms with Gasteiger partial charge in [-0.05, 0) is 63.8 Å². The topological polar surface area (TPSA) is 57.6 Å². The molecule has 0 aliphatic carbocycles. The number of hydrogen-bond acceptors (Lipinski definition) is 4. The van der Waals surface area contributed by atoms with Crippen LogP contribution in [0.5, 0.6) is 0 Å². The first-order chi connectivity index (χ1) is 13.1. The van der Waals surface area contributed by atoms with E-state index >= 15 is 0 Å². The number of carbonyl (C=O) groups is 1. The van der Waals surface area contributed by atoms with Gasteiger partial charge < -0.3 is 10.2 Å². The molecule has 1 N–H and O–H groups in total. The van der Waals surface area contributed by atoms with E-state index < -0.39 is 0 Å². The highest BCUT2D eigenvalue weighted by Gasteiger charge is 2.20. The summed E-state index contributed by atoms with van der Waals surface area (Å²) in [5.41, 5.74) is 4.81. The number of thiazole rings is 1. The van der Waals surface area contributed by atoms with E-state index in [1.54, 1.807) is 0 Å². The summed E-state index contributed by atoms with van der Waals surface area (Å²) in [5.74, 6) is -0.105. The van der Waals surface area contributed by atoms with Gasteiger partial charge in [0.25, 0.3) is 5.91 Å². The Kier molecular flexibility index (Phi) is 7.35. The van der Waals surface area contributed by atoms with Crippen LogP contribution in [0.25, 0.3) is 0 Å². The van der Waals surface area contributed by atoms with E-state index in [1.165, 1.54) is 22.5 Å². The maximum Gasteiger partial charge on any atom is 0.271 e. The number of amides is 1. The molecule has 152 valence electrons. The SMILES string of the molecule is CCN(C)/C=N/c1cc(C)c(Cc2nc(C(=O)NC(C)(C)CC)cs2)cc1C. The van der Waals surface area contributed by atoms with Gasteiger partial charge in [-0.3, -0.25) is 4.79 Å². The van der Waals surface area contributed by atoms with Crippen LogP contribution in [-0.2, 0) is 6.42 Å². The maximum absolute atomic E-state index is 12.4. The van der Waals surface area contributed by atoms with Gasteiger partial charge in [0.2, 0.25) is 0 Å². The molecule has 1 heterocycles. The van der Waals surface area contributed by atoms with Crippen molar-refractivity contribution in [3.8, 4) is 0 Å². The van der Waals surface area contributed by atoms with Gasteiger partial charge in [-0.15, -0.1) is 11.3 Å². The summed E-state index contributed by atoms with van der Waals surface area (Å²) in [6.45, 7) is 13.3. The summed E-state index contributed by atoms with van der Waals surface area (Å²) in [4.78, 5) is 23.6. The normalized spacial score (nSPS) is 11.8. The molecule has 6 heteroatoms. The molecule has 2 aromatic rings. The molecule has 0 radical (unpaired) electrons. The van der Waals surface area contributed by atoms with Gasteiger partial charge in [-0.2, -0.15) is 0 Å². The van der Waals surface area contributed by atoms with Crippen LogP contribution >= 0.6 is 11.3 Å². The molecular formula is C22H32N4OS. The van der Waals surface area contributed by atoms with E-state index in [-0.39, 0.29) is 11.4 Å². The molecule has 0 atom stereocenters. The zero-order valence-corrected chi connectivity index (χ0v) is 18.9. The molecule has 0 unspecified atom stereocenters. The standard InChI is InChI=1S/C22H32N4OS/c1-8-22(5,6)25-21(27)19-13-28-20(24-19)12-17-10-16(4)18(11-15(17)3)23-14-26(7)9-2/h10-11,13-14H,8-9,12H2,1-7H3,(H,25,27)/b23-14+. The van der Waals surface area contributed by atoms with Gasteiger partial charge in [-0.1, -0.05) is 13.0 Å². The third kappa shape index (κ3) is 5.89. The largest absolute Gasteiger partial charge is 0.366 e. The minimum atomic E-state index is -0.225. The Hall–Kier alpha value is -2.21. The lowest BCUT2D eigenvalue weighted by atomic mass is 10.0. The first-order valence-electron chi connectivity index (χ1n) is 9.76. The molecule has 28 heavy (non-hydrogen) atoms. The Bertz CT molecular complexity index is 854. The summed E-state index contributed by atoms with van der Waals surface area (Å²) in [7, 11) is 2.01. The van der Waals surface area contributed by atoms with Gasteiger partial charge in [0.05, 0.1) is 17.0 Å². The average Bonchev–Trinajstić information content (AvgIpc) is 3.11. The van der Waals surface area contributed by atoms with E-state index in [9.17, 15) is 4.79 Å². The number of benzene rings is 1. The number of rotatable bonds is 8. The van der Waals surface area contributed by atoms with Crippen molar-refractivity contribution in [1.29, 1.82) is 0 Å². The second-order valence-electron chi connectivity index (χ2n) is 7.88. The van der Waals surface area contributed by atoms with Crippen LogP contribution in [-0.4, -0.2) is 41.3 Å². The van der Waals surface area contributed by atoms with E-state index in [0.717, 1.165) is 35.6 Å². The molecule has 0 spiro atoms. The van der Waals surface area contributed by atoms with Crippen LogP contribution in [0.4, 0.5) is 5.69 Å². The fourth-order valence-electron chi connectivity index (χ4n) is 2.55. The molecule has 0 saturated carbocycles. The summed E-state index contributed by atoms with van der Waals surface area (Å²) < 4.78 is 0. The second kappa shape index (κ2) is 9.32. The fraction of sp³-hybridized carbons (Fsp3) is 0.500. The van der Waals surface area contributed by atoms with Crippen molar-refractivity contribution in [1.82, 2.24) is 15.2 Å². The number of hydrogen-bond donors (Lipinski definition) is 1. The van der Waals surface area contributed by atoms with Crippen LogP contribution in [0.2, 0.25) is 0 Å². The summed E-state index contributed by atoms with van der Waals surface area (Å²) in [5, 5.41) is 5.83.